The Morgan fingerprint density at radius 2 is 1.89 bits per heavy atom. The van der Waals surface area contributed by atoms with Crippen molar-refractivity contribution in [3.63, 3.8) is 0 Å². The summed E-state index contributed by atoms with van der Waals surface area (Å²) in [5.41, 5.74) is 11.6. The molecule has 0 radical (unpaired) electrons. The predicted octanol–water partition coefficient (Wildman–Crippen LogP) is 3.03. The van der Waals surface area contributed by atoms with Crippen molar-refractivity contribution in [1.29, 1.82) is 0 Å². The largest absolute Gasteiger partial charge is 0.464 e. The van der Waals surface area contributed by atoms with E-state index in [0.717, 1.165) is 38.8 Å². The summed E-state index contributed by atoms with van der Waals surface area (Å²) in [4.78, 5) is 26.6. The van der Waals surface area contributed by atoms with Crippen LogP contribution < -0.4 is 5.73 Å². The number of nitrogens with zero attached hydrogens (tertiary/aromatic N) is 1. The first-order chi connectivity index (χ1) is 13.0. The first-order valence-corrected chi connectivity index (χ1v) is 9.07. The minimum absolute atomic E-state index is 0.116. The average molecular weight is 362 g/mol. The highest BCUT2D eigenvalue weighted by Crippen LogP contribution is 2.29. The summed E-state index contributed by atoms with van der Waals surface area (Å²) < 4.78 is 5.72. The molecule has 2 amide bonds. The summed E-state index contributed by atoms with van der Waals surface area (Å²) in [5.74, 6) is -0.587. The Morgan fingerprint density at radius 1 is 1.15 bits per heavy atom. The molecule has 0 saturated heterocycles. The molecule has 1 aliphatic heterocycles. The van der Waals surface area contributed by atoms with Crippen molar-refractivity contribution < 1.29 is 14.0 Å². The Kier molecular flexibility index (Phi) is 4.22. The van der Waals surface area contributed by atoms with Gasteiger partial charge in [-0.15, -0.1) is 0 Å². The Bertz CT molecular complexity index is 1050. The standard InChI is InChI=1S/C22H22N2O3/c1-13-7-8-18-17(12-27-21(18)14(13)2)10-20(25)24-11-16-6-4-3-5-15(16)9-19(24)22(23)26/h3-8,12,19H,9-11H2,1-2H3,(H2,23,26)/t19-/m0/s1. The van der Waals surface area contributed by atoms with E-state index < -0.39 is 11.9 Å². The molecule has 3 aromatic rings. The third kappa shape index (κ3) is 2.99. The van der Waals surface area contributed by atoms with Gasteiger partial charge in [-0.1, -0.05) is 36.4 Å². The molecule has 0 fully saturated rings. The first kappa shape index (κ1) is 17.3. The Hall–Kier alpha value is -3.08. The lowest BCUT2D eigenvalue weighted by Gasteiger charge is -2.35. The van der Waals surface area contributed by atoms with Crippen molar-refractivity contribution in [2.45, 2.75) is 39.3 Å². The molecular formula is C22H22N2O3. The Morgan fingerprint density at radius 3 is 2.63 bits per heavy atom. The molecule has 5 nitrogen and oxygen atoms in total. The molecule has 2 N–H and O–H groups in total. The van der Waals surface area contributed by atoms with E-state index in [-0.39, 0.29) is 12.3 Å². The van der Waals surface area contributed by atoms with Crippen LogP contribution in [0.15, 0.2) is 47.1 Å². The van der Waals surface area contributed by atoms with Crippen molar-refractivity contribution >= 4 is 22.8 Å². The van der Waals surface area contributed by atoms with E-state index in [4.69, 9.17) is 10.2 Å². The van der Waals surface area contributed by atoms with Gasteiger partial charge in [0.1, 0.15) is 11.6 Å². The molecule has 4 rings (SSSR count). The van der Waals surface area contributed by atoms with Crippen molar-refractivity contribution in [2.75, 3.05) is 0 Å². The highest BCUT2D eigenvalue weighted by Gasteiger charge is 2.33. The van der Waals surface area contributed by atoms with Gasteiger partial charge in [-0.05, 0) is 36.1 Å². The SMILES string of the molecule is Cc1ccc2c(CC(=O)N3Cc4ccccc4C[C@H]3C(N)=O)coc2c1C. The van der Waals surface area contributed by atoms with Crippen LogP contribution in [0.1, 0.15) is 27.8 Å². The summed E-state index contributed by atoms with van der Waals surface area (Å²) in [5, 5.41) is 0.944. The zero-order valence-corrected chi connectivity index (χ0v) is 15.5. The number of fused-ring (bicyclic) bond motifs is 2. The topological polar surface area (TPSA) is 76.5 Å². The fourth-order valence-corrected chi connectivity index (χ4v) is 3.83. The smallest absolute Gasteiger partial charge is 0.240 e. The van der Waals surface area contributed by atoms with Crippen LogP contribution in [0, 0.1) is 13.8 Å². The Labute approximate surface area is 157 Å². The van der Waals surface area contributed by atoms with Crippen LogP contribution in [-0.4, -0.2) is 22.8 Å². The van der Waals surface area contributed by atoms with Gasteiger partial charge in [0.05, 0.1) is 12.7 Å². The maximum atomic E-state index is 13.1. The van der Waals surface area contributed by atoms with Crippen LogP contribution in [-0.2, 0) is 29.0 Å². The summed E-state index contributed by atoms with van der Waals surface area (Å²) in [7, 11) is 0. The number of primary amides is 1. The number of rotatable bonds is 3. The summed E-state index contributed by atoms with van der Waals surface area (Å²) in [6, 6.07) is 11.3. The highest BCUT2D eigenvalue weighted by atomic mass is 16.3. The third-order valence-electron chi connectivity index (χ3n) is 5.58. The number of aryl methyl sites for hydroxylation is 2. The van der Waals surface area contributed by atoms with Gasteiger partial charge in [-0.3, -0.25) is 9.59 Å². The second kappa shape index (κ2) is 6.58. The lowest BCUT2D eigenvalue weighted by atomic mass is 9.93. The van der Waals surface area contributed by atoms with E-state index in [0.29, 0.717) is 13.0 Å². The van der Waals surface area contributed by atoms with Crippen molar-refractivity contribution in [1.82, 2.24) is 4.90 Å². The minimum atomic E-state index is -0.616. The van der Waals surface area contributed by atoms with Gasteiger partial charge in [0.15, 0.2) is 0 Å². The molecule has 5 heteroatoms. The van der Waals surface area contributed by atoms with Gasteiger partial charge in [0.2, 0.25) is 11.8 Å². The molecular weight excluding hydrogens is 340 g/mol. The Balaban J connectivity index is 1.64. The van der Waals surface area contributed by atoms with Crippen LogP contribution in [0.4, 0.5) is 0 Å². The quantitative estimate of drug-likeness (QED) is 0.778. The van der Waals surface area contributed by atoms with Crippen LogP contribution in [0.5, 0.6) is 0 Å². The molecule has 2 aromatic carbocycles. The molecule has 1 aromatic heterocycles. The van der Waals surface area contributed by atoms with Crippen LogP contribution in [0.2, 0.25) is 0 Å². The van der Waals surface area contributed by atoms with E-state index in [1.54, 1.807) is 11.2 Å². The maximum Gasteiger partial charge on any atom is 0.240 e. The van der Waals surface area contributed by atoms with E-state index in [1.807, 2.05) is 50.2 Å². The highest BCUT2D eigenvalue weighted by molar-refractivity contribution is 5.92. The number of hydrogen-bond acceptors (Lipinski definition) is 3. The second-order valence-corrected chi connectivity index (χ2v) is 7.23. The van der Waals surface area contributed by atoms with Crippen molar-refractivity contribution in [3.05, 3.63) is 70.5 Å². The lowest BCUT2D eigenvalue weighted by Crippen LogP contribution is -2.51. The first-order valence-electron chi connectivity index (χ1n) is 9.07. The number of nitrogens with two attached hydrogens (primary N) is 1. The monoisotopic (exact) mass is 362 g/mol. The average Bonchev–Trinajstić information content (AvgIpc) is 3.07. The summed E-state index contributed by atoms with van der Waals surface area (Å²) in [6.07, 6.45) is 2.29. The molecule has 0 saturated carbocycles. The van der Waals surface area contributed by atoms with E-state index >= 15 is 0 Å². The summed E-state index contributed by atoms with van der Waals surface area (Å²) >= 11 is 0. The zero-order chi connectivity index (χ0) is 19.1. The molecule has 0 spiro atoms. The lowest BCUT2D eigenvalue weighted by molar-refractivity contribution is -0.140. The van der Waals surface area contributed by atoms with Crippen molar-refractivity contribution in [3.8, 4) is 0 Å². The van der Waals surface area contributed by atoms with Gasteiger partial charge in [-0.25, -0.2) is 0 Å². The third-order valence-corrected chi connectivity index (χ3v) is 5.58. The molecule has 138 valence electrons. The second-order valence-electron chi connectivity index (χ2n) is 7.23. The van der Waals surface area contributed by atoms with Gasteiger partial charge in [0, 0.05) is 23.9 Å². The fraction of sp³-hybridized carbons (Fsp3) is 0.273. The predicted molar refractivity (Wildman–Crippen MR) is 103 cm³/mol. The summed E-state index contributed by atoms with van der Waals surface area (Å²) in [6.45, 7) is 4.44. The molecule has 2 heterocycles. The van der Waals surface area contributed by atoms with Gasteiger partial charge < -0.3 is 15.1 Å². The zero-order valence-electron chi connectivity index (χ0n) is 15.5. The van der Waals surface area contributed by atoms with Gasteiger partial charge >= 0.3 is 0 Å². The fourth-order valence-electron chi connectivity index (χ4n) is 3.83. The molecule has 27 heavy (non-hydrogen) atoms. The number of carbonyl (C=O) groups is 2. The molecule has 0 bridgehead atoms. The number of hydrogen-bond donors (Lipinski definition) is 1. The van der Waals surface area contributed by atoms with Crippen molar-refractivity contribution in [2.24, 2.45) is 5.73 Å². The molecule has 1 aliphatic rings. The minimum Gasteiger partial charge on any atom is -0.464 e. The number of furan rings is 1. The van der Waals surface area contributed by atoms with Crippen LogP contribution >= 0.6 is 0 Å². The van der Waals surface area contributed by atoms with E-state index in [2.05, 4.69) is 0 Å². The van der Waals surface area contributed by atoms with E-state index in [1.165, 1.54) is 0 Å². The number of carbonyl (C=O) groups excluding carboxylic acids is 2. The molecule has 0 aliphatic carbocycles. The van der Waals surface area contributed by atoms with Gasteiger partial charge in [-0.2, -0.15) is 0 Å². The van der Waals surface area contributed by atoms with Gasteiger partial charge in [0.25, 0.3) is 0 Å². The normalized spacial score (nSPS) is 16.4. The molecule has 1 atom stereocenters. The number of benzene rings is 2. The van der Waals surface area contributed by atoms with Crippen LogP contribution in [0.3, 0.4) is 0 Å². The molecule has 0 unspecified atom stereocenters. The maximum absolute atomic E-state index is 13.1. The van der Waals surface area contributed by atoms with E-state index in [9.17, 15) is 9.59 Å². The number of amides is 2. The van der Waals surface area contributed by atoms with Crippen LogP contribution in [0.25, 0.3) is 11.0 Å².